The standard InChI is InChI=1S/C14H14ClN3O2/c1-20-13(19)7-8-16-12-9-11(15)17-14(18-12)10-5-3-2-4-6-10/h2-6,9H,7-8H2,1H3,(H,16,17,18). The van der Waals surface area contributed by atoms with Gasteiger partial charge in [0.1, 0.15) is 11.0 Å². The fraction of sp³-hybridized carbons (Fsp3) is 0.214. The summed E-state index contributed by atoms with van der Waals surface area (Å²) in [7, 11) is 1.36. The second kappa shape index (κ2) is 6.86. The maximum Gasteiger partial charge on any atom is 0.307 e. The van der Waals surface area contributed by atoms with E-state index in [1.54, 1.807) is 6.07 Å². The Bertz CT molecular complexity index is 590. The number of hydrogen-bond donors (Lipinski definition) is 1. The van der Waals surface area contributed by atoms with Gasteiger partial charge >= 0.3 is 5.97 Å². The molecule has 0 bridgehead atoms. The molecule has 2 rings (SSSR count). The zero-order chi connectivity index (χ0) is 14.4. The highest BCUT2D eigenvalue weighted by atomic mass is 35.5. The summed E-state index contributed by atoms with van der Waals surface area (Å²) < 4.78 is 4.57. The van der Waals surface area contributed by atoms with Crippen molar-refractivity contribution in [3.63, 3.8) is 0 Å². The van der Waals surface area contributed by atoms with Gasteiger partial charge in [0.15, 0.2) is 5.82 Å². The SMILES string of the molecule is COC(=O)CCNc1cc(Cl)nc(-c2ccccc2)n1. The van der Waals surface area contributed by atoms with Gasteiger partial charge in [-0.15, -0.1) is 0 Å². The number of esters is 1. The molecule has 0 aliphatic rings. The van der Waals surface area contributed by atoms with E-state index in [9.17, 15) is 4.79 Å². The first-order valence-corrected chi connectivity index (χ1v) is 6.47. The van der Waals surface area contributed by atoms with Crippen LogP contribution in [-0.4, -0.2) is 29.6 Å². The highest BCUT2D eigenvalue weighted by Gasteiger charge is 2.06. The first kappa shape index (κ1) is 14.3. The summed E-state index contributed by atoms with van der Waals surface area (Å²) >= 11 is 5.99. The van der Waals surface area contributed by atoms with Crippen LogP contribution in [-0.2, 0) is 9.53 Å². The normalized spacial score (nSPS) is 10.1. The average Bonchev–Trinajstić information content (AvgIpc) is 2.47. The number of ether oxygens (including phenoxy) is 1. The summed E-state index contributed by atoms with van der Waals surface area (Å²) in [5.74, 6) is 0.840. The first-order chi connectivity index (χ1) is 9.69. The monoisotopic (exact) mass is 291 g/mol. The molecule has 5 nitrogen and oxygen atoms in total. The molecule has 0 amide bonds. The van der Waals surface area contributed by atoms with Crippen molar-refractivity contribution in [2.75, 3.05) is 19.0 Å². The largest absolute Gasteiger partial charge is 0.469 e. The number of carbonyl (C=O) groups is 1. The molecule has 2 aromatic rings. The van der Waals surface area contributed by atoms with Crippen LogP contribution in [0, 0.1) is 0 Å². The Morgan fingerprint density at radius 2 is 2.05 bits per heavy atom. The van der Waals surface area contributed by atoms with Crippen molar-refractivity contribution in [1.82, 2.24) is 9.97 Å². The van der Waals surface area contributed by atoms with Crippen LogP contribution in [0.3, 0.4) is 0 Å². The zero-order valence-corrected chi connectivity index (χ0v) is 11.7. The number of rotatable bonds is 5. The molecule has 0 aliphatic heterocycles. The van der Waals surface area contributed by atoms with Crippen molar-refractivity contribution in [1.29, 1.82) is 0 Å². The van der Waals surface area contributed by atoms with Gasteiger partial charge in [0.25, 0.3) is 0 Å². The predicted molar refractivity (Wildman–Crippen MR) is 77.6 cm³/mol. The number of methoxy groups -OCH3 is 1. The van der Waals surface area contributed by atoms with Gasteiger partial charge < -0.3 is 10.1 Å². The van der Waals surface area contributed by atoms with Gasteiger partial charge in [-0.25, -0.2) is 9.97 Å². The summed E-state index contributed by atoms with van der Waals surface area (Å²) in [6, 6.07) is 11.2. The van der Waals surface area contributed by atoms with Crippen LogP contribution in [0.2, 0.25) is 5.15 Å². The van der Waals surface area contributed by atoms with Crippen LogP contribution in [0.1, 0.15) is 6.42 Å². The van der Waals surface area contributed by atoms with E-state index in [0.29, 0.717) is 23.3 Å². The Balaban J connectivity index is 2.11. The van der Waals surface area contributed by atoms with E-state index in [1.165, 1.54) is 7.11 Å². The topological polar surface area (TPSA) is 64.1 Å². The summed E-state index contributed by atoms with van der Waals surface area (Å²) in [5, 5.41) is 3.37. The van der Waals surface area contributed by atoms with E-state index in [2.05, 4.69) is 20.0 Å². The molecule has 0 fully saturated rings. The van der Waals surface area contributed by atoms with E-state index in [0.717, 1.165) is 5.56 Å². The minimum absolute atomic E-state index is 0.263. The van der Waals surface area contributed by atoms with Crippen LogP contribution in [0.4, 0.5) is 5.82 Å². The van der Waals surface area contributed by atoms with Gasteiger partial charge in [0, 0.05) is 18.2 Å². The number of nitrogens with zero attached hydrogens (tertiary/aromatic N) is 2. The summed E-state index contributed by atoms with van der Waals surface area (Å²) in [4.78, 5) is 19.6. The van der Waals surface area contributed by atoms with E-state index in [-0.39, 0.29) is 12.4 Å². The van der Waals surface area contributed by atoms with Gasteiger partial charge in [0.2, 0.25) is 0 Å². The first-order valence-electron chi connectivity index (χ1n) is 6.10. The summed E-state index contributed by atoms with van der Waals surface area (Å²) in [6.07, 6.45) is 0.263. The maximum atomic E-state index is 11.0. The lowest BCUT2D eigenvalue weighted by molar-refractivity contribution is -0.140. The molecule has 0 spiro atoms. The molecule has 0 saturated carbocycles. The van der Waals surface area contributed by atoms with E-state index in [4.69, 9.17) is 11.6 Å². The molecule has 0 saturated heterocycles. The minimum atomic E-state index is -0.277. The third-order valence-corrected chi connectivity index (χ3v) is 2.78. The number of aromatic nitrogens is 2. The highest BCUT2D eigenvalue weighted by Crippen LogP contribution is 2.19. The Morgan fingerprint density at radius 3 is 2.75 bits per heavy atom. The number of carbonyl (C=O) groups excluding carboxylic acids is 1. The van der Waals surface area contributed by atoms with Gasteiger partial charge in [-0.1, -0.05) is 41.9 Å². The molecule has 1 heterocycles. The molecule has 104 valence electrons. The highest BCUT2D eigenvalue weighted by molar-refractivity contribution is 6.29. The molecule has 0 aliphatic carbocycles. The quantitative estimate of drug-likeness (QED) is 0.678. The van der Waals surface area contributed by atoms with E-state index in [1.807, 2.05) is 30.3 Å². The van der Waals surface area contributed by atoms with Crippen molar-refractivity contribution in [3.05, 3.63) is 41.6 Å². The lowest BCUT2D eigenvalue weighted by Crippen LogP contribution is -2.11. The molecule has 1 aromatic carbocycles. The molecular formula is C14H14ClN3O2. The lowest BCUT2D eigenvalue weighted by Gasteiger charge is -2.07. The van der Waals surface area contributed by atoms with Crippen molar-refractivity contribution < 1.29 is 9.53 Å². The van der Waals surface area contributed by atoms with Gasteiger partial charge in [-0.05, 0) is 0 Å². The fourth-order valence-electron chi connectivity index (χ4n) is 1.62. The van der Waals surface area contributed by atoms with E-state index >= 15 is 0 Å². The number of benzene rings is 1. The Morgan fingerprint density at radius 1 is 1.30 bits per heavy atom. The van der Waals surface area contributed by atoms with Crippen LogP contribution in [0.5, 0.6) is 0 Å². The molecule has 1 N–H and O–H groups in total. The van der Waals surface area contributed by atoms with Crippen LogP contribution in [0.25, 0.3) is 11.4 Å². The predicted octanol–water partition coefficient (Wildman–Crippen LogP) is 2.77. The Labute approximate surface area is 122 Å². The van der Waals surface area contributed by atoms with Crippen molar-refractivity contribution in [2.24, 2.45) is 0 Å². The van der Waals surface area contributed by atoms with Crippen molar-refractivity contribution in [3.8, 4) is 11.4 Å². The molecule has 0 radical (unpaired) electrons. The van der Waals surface area contributed by atoms with Crippen LogP contribution >= 0.6 is 11.6 Å². The lowest BCUT2D eigenvalue weighted by atomic mass is 10.2. The van der Waals surface area contributed by atoms with Gasteiger partial charge in [-0.3, -0.25) is 4.79 Å². The second-order valence-corrected chi connectivity index (χ2v) is 4.41. The summed E-state index contributed by atoms with van der Waals surface area (Å²) in [6.45, 7) is 0.425. The Hall–Kier alpha value is -2.14. The third kappa shape index (κ3) is 3.93. The minimum Gasteiger partial charge on any atom is -0.469 e. The third-order valence-electron chi connectivity index (χ3n) is 2.59. The number of anilines is 1. The number of halogens is 1. The molecule has 6 heteroatoms. The molecule has 1 aromatic heterocycles. The van der Waals surface area contributed by atoms with Gasteiger partial charge in [-0.2, -0.15) is 0 Å². The van der Waals surface area contributed by atoms with Gasteiger partial charge in [0.05, 0.1) is 13.5 Å². The number of hydrogen-bond acceptors (Lipinski definition) is 5. The van der Waals surface area contributed by atoms with Crippen LogP contribution < -0.4 is 5.32 Å². The second-order valence-electron chi connectivity index (χ2n) is 4.02. The van der Waals surface area contributed by atoms with E-state index < -0.39 is 0 Å². The maximum absolute atomic E-state index is 11.0. The smallest absolute Gasteiger partial charge is 0.307 e. The number of nitrogens with one attached hydrogen (secondary N) is 1. The molecule has 20 heavy (non-hydrogen) atoms. The fourth-order valence-corrected chi connectivity index (χ4v) is 1.80. The summed E-state index contributed by atoms with van der Waals surface area (Å²) in [5.41, 5.74) is 0.881. The zero-order valence-electron chi connectivity index (χ0n) is 11.0. The Kier molecular flexibility index (Phi) is 4.90. The van der Waals surface area contributed by atoms with Crippen LogP contribution in [0.15, 0.2) is 36.4 Å². The molecule has 0 atom stereocenters. The van der Waals surface area contributed by atoms with Crippen molar-refractivity contribution >= 4 is 23.4 Å². The molecule has 0 unspecified atom stereocenters. The molecular weight excluding hydrogens is 278 g/mol. The average molecular weight is 292 g/mol. The van der Waals surface area contributed by atoms with Crippen molar-refractivity contribution in [2.45, 2.75) is 6.42 Å².